The van der Waals surface area contributed by atoms with Crippen LogP contribution in [0.25, 0.3) is 11.1 Å². The van der Waals surface area contributed by atoms with Crippen LogP contribution in [0.5, 0.6) is 5.75 Å². The van der Waals surface area contributed by atoms with E-state index in [0.717, 1.165) is 54.9 Å². The third-order valence-electron chi connectivity index (χ3n) is 6.22. The van der Waals surface area contributed by atoms with Gasteiger partial charge in [-0.05, 0) is 84.9 Å². The summed E-state index contributed by atoms with van der Waals surface area (Å²) in [6.45, 7) is 3.61. The largest absolute Gasteiger partial charge is 0.493 e. The Morgan fingerprint density at radius 3 is 1.87 bits per heavy atom. The van der Waals surface area contributed by atoms with Crippen LogP contribution in [0.1, 0.15) is 18.4 Å². The lowest BCUT2D eigenvalue weighted by Gasteiger charge is -2.31. The molecule has 0 saturated carbocycles. The first-order valence-electron chi connectivity index (χ1n) is 12.1. The average Bonchev–Trinajstić information content (AvgIpc) is 2.89. The number of rotatable bonds is 7. The van der Waals surface area contributed by atoms with Crippen LogP contribution in [0.2, 0.25) is 0 Å². The molecule has 6 nitrogen and oxygen atoms in total. The van der Waals surface area contributed by atoms with Gasteiger partial charge in [0, 0.05) is 12.8 Å². The van der Waals surface area contributed by atoms with Gasteiger partial charge in [0.1, 0.15) is 11.6 Å². The van der Waals surface area contributed by atoms with Gasteiger partial charge in [-0.25, -0.2) is 17.6 Å². The van der Waals surface area contributed by atoms with E-state index < -0.39 is 22.0 Å². The highest BCUT2D eigenvalue weighted by atomic mass is 32.2. The minimum Gasteiger partial charge on any atom is -0.493 e. The lowest BCUT2D eigenvalue weighted by Crippen LogP contribution is -2.35. The van der Waals surface area contributed by atoms with Gasteiger partial charge in [0.05, 0.1) is 11.5 Å². The van der Waals surface area contributed by atoms with Gasteiger partial charge in [0.25, 0.3) is 0 Å². The number of halogens is 4. The number of nitrogens with zero attached hydrogens (tertiary/aromatic N) is 1. The van der Waals surface area contributed by atoms with Crippen molar-refractivity contribution in [2.24, 2.45) is 5.92 Å². The van der Waals surface area contributed by atoms with E-state index in [0.29, 0.717) is 17.4 Å². The van der Waals surface area contributed by atoms with E-state index in [4.69, 9.17) is 14.6 Å². The molecule has 3 aromatic rings. The molecular formula is C28H29F4NO5S. The first kappa shape index (κ1) is 30.1. The second kappa shape index (κ2) is 13.1. The van der Waals surface area contributed by atoms with Crippen molar-refractivity contribution in [3.63, 3.8) is 0 Å². The van der Waals surface area contributed by atoms with Gasteiger partial charge in [-0.3, -0.25) is 4.90 Å². The molecule has 4 rings (SSSR count). The molecule has 0 unspecified atom stereocenters. The number of carboxylic acids is 1. The van der Waals surface area contributed by atoms with Gasteiger partial charge in [-0.2, -0.15) is 13.2 Å². The Kier molecular flexibility index (Phi) is 10.1. The zero-order chi connectivity index (χ0) is 28.6. The summed E-state index contributed by atoms with van der Waals surface area (Å²) in [5, 5.41) is 7.12. The monoisotopic (exact) mass is 567 g/mol. The zero-order valence-electron chi connectivity index (χ0n) is 21.2. The van der Waals surface area contributed by atoms with Crippen molar-refractivity contribution in [1.29, 1.82) is 0 Å². The second-order valence-electron chi connectivity index (χ2n) is 9.28. The van der Waals surface area contributed by atoms with Crippen molar-refractivity contribution >= 4 is 15.8 Å². The number of benzene rings is 3. The van der Waals surface area contributed by atoms with Crippen LogP contribution in [-0.4, -0.2) is 56.5 Å². The summed E-state index contributed by atoms with van der Waals surface area (Å²) in [6, 6.07) is 21.6. The van der Waals surface area contributed by atoms with Crippen molar-refractivity contribution in [3.05, 3.63) is 84.2 Å². The summed E-state index contributed by atoms with van der Waals surface area (Å²) in [6.07, 6.45) is -1.69. The molecule has 1 N–H and O–H groups in total. The van der Waals surface area contributed by atoms with E-state index in [1.165, 1.54) is 18.4 Å². The molecule has 3 aromatic carbocycles. The topological polar surface area (TPSA) is 83.9 Å². The third kappa shape index (κ3) is 9.67. The standard InChI is InChI=1S/C26H28FNO3S.C2HF3O2/c1-32(29,30)26-12-6-23(7-13-26)22-4-10-25(11-5-22)31-19-21-14-16-28(17-15-21)18-20-2-8-24(27)9-3-20;3-2(4,5)1(6)7/h2-13,21H,14-19H2,1H3;(H,6,7). The number of carbonyl (C=O) groups is 1. The van der Waals surface area contributed by atoms with Crippen molar-refractivity contribution < 1.29 is 40.6 Å². The number of sulfone groups is 1. The minimum absolute atomic E-state index is 0.192. The fourth-order valence-electron chi connectivity index (χ4n) is 4.01. The van der Waals surface area contributed by atoms with E-state index in [-0.39, 0.29) is 5.82 Å². The summed E-state index contributed by atoms with van der Waals surface area (Å²) in [7, 11) is -3.18. The molecule has 0 atom stereocenters. The SMILES string of the molecule is CS(=O)(=O)c1ccc(-c2ccc(OCC3CCN(Cc4ccc(F)cc4)CC3)cc2)cc1.O=C(O)C(F)(F)F. The van der Waals surface area contributed by atoms with Crippen LogP contribution >= 0.6 is 0 Å². The zero-order valence-corrected chi connectivity index (χ0v) is 22.0. The Morgan fingerprint density at radius 2 is 1.41 bits per heavy atom. The number of hydrogen-bond donors (Lipinski definition) is 1. The maximum absolute atomic E-state index is 13.1. The first-order chi connectivity index (χ1) is 18.3. The highest BCUT2D eigenvalue weighted by Gasteiger charge is 2.38. The number of aliphatic carboxylic acids is 1. The number of carboxylic acid groups (broad SMARTS) is 1. The predicted octanol–water partition coefficient (Wildman–Crippen LogP) is 5.82. The number of piperidine rings is 1. The molecule has 1 heterocycles. The lowest BCUT2D eigenvalue weighted by atomic mass is 9.97. The van der Waals surface area contributed by atoms with Gasteiger partial charge in [0.15, 0.2) is 9.84 Å². The molecule has 1 fully saturated rings. The van der Waals surface area contributed by atoms with Crippen molar-refractivity contribution in [3.8, 4) is 16.9 Å². The Labute approximate surface area is 224 Å². The van der Waals surface area contributed by atoms with Gasteiger partial charge in [0.2, 0.25) is 0 Å². The van der Waals surface area contributed by atoms with Crippen molar-refractivity contribution in [1.82, 2.24) is 4.90 Å². The quantitative estimate of drug-likeness (QED) is 0.362. The second-order valence-corrected chi connectivity index (χ2v) is 11.3. The van der Waals surface area contributed by atoms with Crippen LogP contribution < -0.4 is 4.74 Å². The van der Waals surface area contributed by atoms with Crippen LogP contribution in [0.15, 0.2) is 77.7 Å². The van der Waals surface area contributed by atoms with Gasteiger partial charge in [-0.15, -0.1) is 0 Å². The molecule has 1 aliphatic heterocycles. The minimum atomic E-state index is -5.08. The summed E-state index contributed by atoms with van der Waals surface area (Å²) in [5.41, 5.74) is 3.14. The molecule has 0 radical (unpaired) electrons. The predicted molar refractivity (Wildman–Crippen MR) is 139 cm³/mol. The highest BCUT2D eigenvalue weighted by Crippen LogP contribution is 2.25. The maximum atomic E-state index is 13.1. The Bertz CT molecular complexity index is 1320. The van der Waals surface area contributed by atoms with Crippen LogP contribution in [0.4, 0.5) is 17.6 Å². The Morgan fingerprint density at radius 1 is 0.923 bits per heavy atom. The molecule has 0 bridgehead atoms. The number of ether oxygens (including phenoxy) is 1. The van der Waals surface area contributed by atoms with Crippen molar-refractivity contribution in [2.45, 2.75) is 30.5 Å². The summed E-state index contributed by atoms with van der Waals surface area (Å²) < 4.78 is 74.0. The normalized spacial score (nSPS) is 14.8. The molecule has 210 valence electrons. The highest BCUT2D eigenvalue weighted by molar-refractivity contribution is 7.90. The molecule has 0 spiro atoms. The summed E-state index contributed by atoms with van der Waals surface area (Å²) in [5.74, 6) is -1.58. The smallest absolute Gasteiger partial charge is 0.490 e. The number of alkyl halides is 3. The van der Waals surface area contributed by atoms with Gasteiger partial charge >= 0.3 is 12.1 Å². The van der Waals surface area contributed by atoms with E-state index >= 15 is 0 Å². The van der Waals surface area contributed by atoms with Crippen LogP contribution in [0.3, 0.4) is 0 Å². The van der Waals surface area contributed by atoms with Crippen molar-refractivity contribution in [2.75, 3.05) is 26.0 Å². The maximum Gasteiger partial charge on any atom is 0.490 e. The molecule has 1 aliphatic rings. The van der Waals surface area contributed by atoms with Gasteiger partial charge in [-0.1, -0.05) is 36.4 Å². The van der Waals surface area contributed by atoms with Gasteiger partial charge < -0.3 is 9.84 Å². The number of likely N-dealkylation sites (tertiary alicyclic amines) is 1. The summed E-state index contributed by atoms with van der Waals surface area (Å²) in [4.78, 5) is 11.6. The average molecular weight is 568 g/mol. The summed E-state index contributed by atoms with van der Waals surface area (Å²) >= 11 is 0. The molecular weight excluding hydrogens is 538 g/mol. The fourth-order valence-corrected chi connectivity index (χ4v) is 4.64. The Balaban J connectivity index is 0.000000532. The third-order valence-corrected chi connectivity index (χ3v) is 7.35. The lowest BCUT2D eigenvalue weighted by molar-refractivity contribution is -0.192. The van der Waals surface area contributed by atoms with Crippen LogP contribution in [0, 0.1) is 11.7 Å². The van der Waals surface area contributed by atoms with E-state index in [1.54, 1.807) is 12.1 Å². The van der Waals surface area contributed by atoms with Crippen LogP contribution in [-0.2, 0) is 21.2 Å². The molecule has 39 heavy (non-hydrogen) atoms. The molecule has 0 aliphatic carbocycles. The Hall–Kier alpha value is -3.44. The fraction of sp³-hybridized carbons (Fsp3) is 0.321. The molecule has 0 amide bonds. The van der Waals surface area contributed by atoms with E-state index in [1.807, 2.05) is 48.5 Å². The molecule has 11 heteroatoms. The number of hydrogen-bond acceptors (Lipinski definition) is 5. The molecule has 0 aromatic heterocycles. The first-order valence-corrected chi connectivity index (χ1v) is 14.0. The molecule has 1 saturated heterocycles. The van der Waals surface area contributed by atoms with E-state index in [9.17, 15) is 26.0 Å². The van der Waals surface area contributed by atoms with E-state index in [2.05, 4.69) is 4.90 Å².